The second-order valence-corrected chi connectivity index (χ2v) is 4.62. The Balaban J connectivity index is 2.04. The van der Waals surface area contributed by atoms with Gasteiger partial charge < -0.3 is 10.1 Å². The molecule has 1 fully saturated rings. The first kappa shape index (κ1) is 12.5. The van der Waals surface area contributed by atoms with Crippen LogP contribution in [0, 0.1) is 5.92 Å². The molecule has 5 heteroatoms. The molecule has 3 atom stereocenters. The van der Waals surface area contributed by atoms with Crippen molar-refractivity contribution in [3.63, 3.8) is 0 Å². The van der Waals surface area contributed by atoms with Crippen molar-refractivity contribution >= 4 is 0 Å². The van der Waals surface area contributed by atoms with Gasteiger partial charge in [0.05, 0.1) is 6.10 Å². The number of nitrogens with one attached hydrogen (secondary N) is 1. The van der Waals surface area contributed by atoms with Crippen molar-refractivity contribution < 1.29 is 4.74 Å². The highest BCUT2D eigenvalue weighted by Crippen LogP contribution is 2.25. The molecular weight excluding hydrogens is 216 g/mol. The van der Waals surface area contributed by atoms with E-state index in [-0.39, 0.29) is 0 Å². The topological polar surface area (TPSA) is 52.0 Å². The normalized spacial score (nSPS) is 26.3. The van der Waals surface area contributed by atoms with Gasteiger partial charge >= 0.3 is 0 Å². The van der Waals surface area contributed by atoms with E-state index in [0.29, 0.717) is 18.1 Å². The molecule has 5 nitrogen and oxygen atoms in total. The van der Waals surface area contributed by atoms with Crippen LogP contribution >= 0.6 is 0 Å². The fraction of sp³-hybridized carbons (Fsp3) is 0.833. The maximum absolute atomic E-state index is 5.64. The standard InChI is InChI=1S/C12H22N4O/c1-4-16-12(14-8-15-16)7-11(13-3)10-5-6-17-9(10)2/h8-11,13H,4-7H2,1-3H3. The lowest BCUT2D eigenvalue weighted by atomic mass is 9.91. The van der Waals surface area contributed by atoms with E-state index >= 15 is 0 Å². The van der Waals surface area contributed by atoms with Crippen LogP contribution in [0.15, 0.2) is 6.33 Å². The van der Waals surface area contributed by atoms with Crippen LogP contribution in [-0.4, -0.2) is 40.6 Å². The lowest BCUT2D eigenvalue weighted by molar-refractivity contribution is 0.0959. The van der Waals surface area contributed by atoms with E-state index < -0.39 is 0 Å². The SMILES string of the molecule is CCn1ncnc1CC(NC)C1CCOC1C. The van der Waals surface area contributed by atoms with Gasteiger partial charge in [-0.05, 0) is 27.3 Å². The summed E-state index contributed by atoms with van der Waals surface area (Å²) >= 11 is 0. The molecule has 2 heterocycles. The molecule has 0 aromatic carbocycles. The van der Waals surface area contributed by atoms with Crippen LogP contribution in [0.25, 0.3) is 0 Å². The van der Waals surface area contributed by atoms with Crippen LogP contribution in [0.4, 0.5) is 0 Å². The average molecular weight is 238 g/mol. The highest BCUT2D eigenvalue weighted by molar-refractivity contribution is 4.94. The summed E-state index contributed by atoms with van der Waals surface area (Å²) in [4.78, 5) is 4.34. The van der Waals surface area contributed by atoms with Gasteiger partial charge in [-0.25, -0.2) is 4.98 Å². The Morgan fingerprint density at radius 1 is 1.65 bits per heavy atom. The minimum absolute atomic E-state index is 0.338. The summed E-state index contributed by atoms with van der Waals surface area (Å²) < 4.78 is 7.60. The molecule has 0 spiro atoms. The van der Waals surface area contributed by atoms with E-state index in [4.69, 9.17) is 4.74 Å². The largest absolute Gasteiger partial charge is 0.378 e. The Bertz CT molecular complexity index is 352. The fourth-order valence-electron chi connectivity index (χ4n) is 2.65. The summed E-state index contributed by atoms with van der Waals surface area (Å²) in [5.41, 5.74) is 0. The summed E-state index contributed by atoms with van der Waals surface area (Å²) in [6, 6.07) is 0.419. The molecule has 2 rings (SSSR count). The van der Waals surface area contributed by atoms with Crippen LogP contribution in [0.1, 0.15) is 26.1 Å². The van der Waals surface area contributed by atoms with Crippen molar-refractivity contribution in [3.8, 4) is 0 Å². The summed E-state index contributed by atoms with van der Waals surface area (Å²) in [7, 11) is 2.02. The monoisotopic (exact) mass is 238 g/mol. The molecule has 1 N–H and O–H groups in total. The van der Waals surface area contributed by atoms with E-state index in [1.807, 2.05) is 11.7 Å². The van der Waals surface area contributed by atoms with Crippen LogP contribution in [0.5, 0.6) is 0 Å². The van der Waals surface area contributed by atoms with Crippen LogP contribution < -0.4 is 5.32 Å². The van der Waals surface area contributed by atoms with Crippen molar-refractivity contribution in [1.82, 2.24) is 20.1 Å². The first-order valence-electron chi connectivity index (χ1n) is 6.41. The summed E-state index contributed by atoms with van der Waals surface area (Å²) in [5.74, 6) is 1.63. The third kappa shape index (κ3) is 2.66. The highest BCUT2D eigenvalue weighted by atomic mass is 16.5. The predicted molar refractivity (Wildman–Crippen MR) is 65.8 cm³/mol. The predicted octanol–water partition coefficient (Wildman–Crippen LogP) is 0.853. The molecule has 0 aliphatic carbocycles. The molecule has 1 saturated heterocycles. The van der Waals surface area contributed by atoms with Crippen LogP contribution in [0.2, 0.25) is 0 Å². The first-order valence-corrected chi connectivity index (χ1v) is 6.41. The third-order valence-electron chi connectivity index (χ3n) is 3.72. The lowest BCUT2D eigenvalue weighted by Gasteiger charge is -2.25. The number of rotatable bonds is 5. The van der Waals surface area contributed by atoms with Gasteiger partial charge in [-0.3, -0.25) is 4.68 Å². The van der Waals surface area contributed by atoms with Gasteiger partial charge in [-0.15, -0.1) is 0 Å². The molecule has 0 radical (unpaired) electrons. The Hall–Kier alpha value is -0.940. The van der Waals surface area contributed by atoms with Crippen LogP contribution in [0.3, 0.4) is 0 Å². The number of aromatic nitrogens is 3. The number of hydrogen-bond acceptors (Lipinski definition) is 4. The number of nitrogens with zero attached hydrogens (tertiary/aromatic N) is 3. The Morgan fingerprint density at radius 3 is 3.06 bits per heavy atom. The molecule has 1 aromatic rings. The second-order valence-electron chi connectivity index (χ2n) is 4.62. The third-order valence-corrected chi connectivity index (χ3v) is 3.72. The quantitative estimate of drug-likeness (QED) is 0.826. The first-order chi connectivity index (χ1) is 8.26. The Kier molecular flexibility index (Phi) is 4.12. The average Bonchev–Trinajstić information content (AvgIpc) is 2.94. The van der Waals surface area contributed by atoms with E-state index in [0.717, 1.165) is 31.8 Å². The van der Waals surface area contributed by atoms with E-state index in [1.54, 1.807) is 6.33 Å². The number of likely N-dealkylation sites (N-methyl/N-ethyl adjacent to an activating group) is 1. The number of aryl methyl sites for hydroxylation is 1. The maximum Gasteiger partial charge on any atom is 0.138 e. The molecule has 3 unspecified atom stereocenters. The number of hydrogen-bond donors (Lipinski definition) is 1. The molecule has 1 aromatic heterocycles. The van der Waals surface area contributed by atoms with E-state index in [2.05, 4.69) is 29.2 Å². The van der Waals surface area contributed by atoms with Gasteiger partial charge in [-0.2, -0.15) is 5.10 Å². The molecule has 96 valence electrons. The van der Waals surface area contributed by atoms with E-state index in [1.165, 1.54) is 0 Å². The minimum Gasteiger partial charge on any atom is -0.378 e. The molecule has 0 saturated carbocycles. The zero-order valence-corrected chi connectivity index (χ0v) is 10.9. The molecule has 17 heavy (non-hydrogen) atoms. The highest BCUT2D eigenvalue weighted by Gasteiger charge is 2.31. The van der Waals surface area contributed by atoms with E-state index in [9.17, 15) is 0 Å². The van der Waals surface area contributed by atoms with Gasteiger partial charge in [-0.1, -0.05) is 0 Å². The maximum atomic E-state index is 5.64. The minimum atomic E-state index is 0.338. The second kappa shape index (κ2) is 5.60. The summed E-state index contributed by atoms with van der Waals surface area (Å²) in [5, 5.41) is 7.62. The van der Waals surface area contributed by atoms with Crippen molar-refractivity contribution in [1.29, 1.82) is 0 Å². The van der Waals surface area contributed by atoms with Crippen molar-refractivity contribution in [3.05, 3.63) is 12.2 Å². The zero-order chi connectivity index (χ0) is 12.3. The fourth-order valence-corrected chi connectivity index (χ4v) is 2.65. The van der Waals surface area contributed by atoms with Crippen molar-refractivity contribution in [2.24, 2.45) is 5.92 Å². The van der Waals surface area contributed by atoms with Gasteiger partial charge in [0.25, 0.3) is 0 Å². The lowest BCUT2D eigenvalue weighted by Crippen LogP contribution is -2.39. The molecule has 1 aliphatic heterocycles. The summed E-state index contributed by atoms with van der Waals surface area (Å²) in [6.45, 7) is 6.01. The van der Waals surface area contributed by atoms with Crippen molar-refractivity contribution in [2.75, 3.05) is 13.7 Å². The molecule has 0 amide bonds. The van der Waals surface area contributed by atoms with Crippen LogP contribution in [-0.2, 0) is 17.7 Å². The molecule has 1 aliphatic rings. The van der Waals surface area contributed by atoms with Gasteiger partial charge in [0.2, 0.25) is 0 Å². The zero-order valence-electron chi connectivity index (χ0n) is 10.9. The molecule has 0 bridgehead atoms. The Labute approximate surface area is 103 Å². The van der Waals surface area contributed by atoms with Gasteiger partial charge in [0.1, 0.15) is 12.2 Å². The van der Waals surface area contributed by atoms with Gasteiger partial charge in [0.15, 0.2) is 0 Å². The summed E-state index contributed by atoms with van der Waals surface area (Å²) in [6.07, 6.45) is 4.03. The van der Waals surface area contributed by atoms with Gasteiger partial charge in [0, 0.05) is 31.5 Å². The molecular formula is C12H22N4O. The Morgan fingerprint density at radius 2 is 2.47 bits per heavy atom. The number of ether oxygens (including phenoxy) is 1. The smallest absolute Gasteiger partial charge is 0.138 e. The van der Waals surface area contributed by atoms with Crippen molar-refractivity contribution in [2.45, 2.75) is 45.4 Å².